The Hall–Kier alpha value is -3.65. The molecule has 0 aliphatic rings. The largest absolute Gasteiger partial charge is 0.0875 e. The Labute approximate surface area is 202 Å². The summed E-state index contributed by atoms with van der Waals surface area (Å²) in [7, 11) is 0. The summed E-state index contributed by atoms with van der Waals surface area (Å²) in [4.78, 5) is 2.27. The van der Waals surface area contributed by atoms with Crippen LogP contribution in [0.15, 0.2) is 107 Å². The van der Waals surface area contributed by atoms with Crippen molar-refractivity contribution < 1.29 is 0 Å². The van der Waals surface area contributed by atoms with Gasteiger partial charge in [-0.3, -0.25) is 0 Å². The van der Waals surface area contributed by atoms with Crippen molar-refractivity contribution >= 4 is 11.8 Å². The minimum atomic E-state index is 1.03. The molecule has 4 aromatic rings. The second-order valence-electron chi connectivity index (χ2n) is 7.70. The maximum Gasteiger partial charge on any atom is 0.0388 e. The van der Waals surface area contributed by atoms with E-state index in [9.17, 15) is 0 Å². The highest BCUT2D eigenvalue weighted by Crippen LogP contribution is 2.32. The first-order valence-electron chi connectivity index (χ1n) is 11.3. The van der Waals surface area contributed by atoms with Crippen molar-refractivity contribution in [1.29, 1.82) is 0 Å². The van der Waals surface area contributed by atoms with Crippen LogP contribution in [0.1, 0.15) is 47.2 Å². The number of rotatable bonds is 4. The topological polar surface area (TPSA) is 0 Å². The third-order valence-electron chi connectivity index (χ3n) is 5.40. The van der Waals surface area contributed by atoms with Crippen molar-refractivity contribution in [3.63, 3.8) is 0 Å². The molecule has 0 atom stereocenters. The fourth-order valence-electron chi connectivity index (χ4n) is 3.36. The standard InChI is InChI=1S/C32H26S/c1-3-25-13-17-27(18-14-25)21-23-29-9-5-7-11-31(29)33-32-12-8-6-10-30(32)24-22-28-19-15-26(4-2)16-20-28/h5-20H,3-4H2,1-2H3. The summed E-state index contributed by atoms with van der Waals surface area (Å²) in [5, 5.41) is 0. The van der Waals surface area contributed by atoms with Crippen molar-refractivity contribution in [3.05, 3.63) is 130 Å². The predicted octanol–water partition coefficient (Wildman–Crippen LogP) is 7.76. The average molecular weight is 443 g/mol. The molecule has 0 fully saturated rings. The number of hydrogen-bond donors (Lipinski definition) is 0. The van der Waals surface area contributed by atoms with Gasteiger partial charge in [0.1, 0.15) is 0 Å². The van der Waals surface area contributed by atoms with Gasteiger partial charge < -0.3 is 0 Å². The van der Waals surface area contributed by atoms with Crippen LogP contribution in [0.2, 0.25) is 0 Å². The molecule has 0 saturated heterocycles. The summed E-state index contributed by atoms with van der Waals surface area (Å²) in [5.74, 6) is 13.4. The van der Waals surface area contributed by atoms with E-state index < -0.39 is 0 Å². The van der Waals surface area contributed by atoms with E-state index in [1.807, 2.05) is 12.1 Å². The lowest BCUT2D eigenvalue weighted by molar-refractivity contribution is 1.14. The molecular formula is C32H26S. The molecule has 0 amide bonds. The van der Waals surface area contributed by atoms with Gasteiger partial charge in [-0.25, -0.2) is 0 Å². The smallest absolute Gasteiger partial charge is 0.0388 e. The van der Waals surface area contributed by atoms with Crippen LogP contribution in [0, 0.1) is 23.7 Å². The molecule has 0 saturated carbocycles. The highest BCUT2D eigenvalue weighted by atomic mass is 32.2. The zero-order valence-corrected chi connectivity index (χ0v) is 19.9. The molecule has 1 heteroatoms. The number of benzene rings is 4. The summed E-state index contributed by atoms with van der Waals surface area (Å²) in [5.41, 5.74) is 6.78. The molecule has 0 aliphatic carbocycles. The van der Waals surface area contributed by atoms with Gasteiger partial charge >= 0.3 is 0 Å². The van der Waals surface area contributed by atoms with Gasteiger partial charge in [0.2, 0.25) is 0 Å². The third kappa shape index (κ3) is 6.20. The molecule has 33 heavy (non-hydrogen) atoms. The number of aryl methyl sites for hydroxylation is 2. The van der Waals surface area contributed by atoms with Crippen LogP contribution in [-0.4, -0.2) is 0 Å². The van der Waals surface area contributed by atoms with E-state index in [2.05, 4.69) is 122 Å². The summed E-state index contributed by atoms with van der Waals surface area (Å²) >= 11 is 1.72. The lowest BCUT2D eigenvalue weighted by Crippen LogP contribution is -1.85. The van der Waals surface area contributed by atoms with Gasteiger partial charge in [-0.1, -0.05) is 97.8 Å². The molecule has 4 rings (SSSR count). The first kappa shape index (κ1) is 22.5. The summed E-state index contributed by atoms with van der Waals surface area (Å²) in [6.45, 7) is 4.33. The Morgan fingerprint density at radius 2 is 0.879 bits per heavy atom. The van der Waals surface area contributed by atoms with Crippen molar-refractivity contribution in [3.8, 4) is 23.7 Å². The van der Waals surface area contributed by atoms with Crippen molar-refractivity contribution in [2.45, 2.75) is 36.5 Å². The Morgan fingerprint density at radius 1 is 0.485 bits per heavy atom. The lowest BCUT2D eigenvalue weighted by Gasteiger charge is -2.06. The first-order chi connectivity index (χ1) is 16.2. The second-order valence-corrected chi connectivity index (χ2v) is 8.78. The zero-order valence-electron chi connectivity index (χ0n) is 19.1. The third-order valence-corrected chi connectivity index (χ3v) is 6.55. The van der Waals surface area contributed by atoms with Gasteiger partial charge in [-0.05, 0) is 72.5 Å². The van der Waals surface area contributed by atoms with E-state index >= 15 is 0 Å². The Kier molecular flexibility index (Phi) is 7.71. The van der Waals surface area contributed by atoms with Gasteiger partial charge in [0.05, 0.1) is 0 Å². The van der Waals surface area contributed by atoms with Crippen molar-refractivity contribution in [2.75, 3.05) is 0 Å². The van der Waals surface area contributed by atoms with Crippen molar-refractivity contribution in [1.82, 2.24) is 0 Å². The van der Waals surface area contributed by atoms with Gasteiger partial charge in [0.25, 0.3) is 0 Å². The molecule has 0 unspecified atom stereocenters. The Bertz CT molecular complexity index is 1230. The molecule has 0 N–H and O–H groups in total. The average Bonchev–Trinajstić information content (AvgIpc) is 2.88. The lowest BCUT2D eigenvalue weighted by atomic mass is 10.1. The van der Waals surface area contributed by atoms with Gasteiger partial charge in [-0.15, -0.1) is 0 Å². The van der Waals surface area contributed by atoms with Crippen LogP contribution in [0.25, 0.3) is 0 Å². The minimum Gasteiger partial charge on any atom is -0.0875 e. The van der Waals surface area contributed by atoms with Crippen LogP contribution in [0.5, 0.6) is 0 Å². The molecular weight excluding hydrogens is 416 g/mol. The van der Waals surface area contributed by atoms with E-state index in [1.54, 1.807) is 11.8 Å². The predicted molar refractivity (Wildman–Crippen MR) is 141 cm³/mol. The van der Waals surface area contributed by atoms with Gasteiger partial charge in [0.15, 0.2) is 0 Å². The first-order valence-corrected chi connectivity index (χ1v) is 12.1. The molecule has 4 aromatic carbocycles. The summed E-state index contributed by atoms with van der Waals surface area (Å²) in [6.07, 6.45) is 2.08. The van der Waals surface area contributed by atoms with Crippen LogP contribution < -0.4 is 0 Å². The Balaban J connectivity index is 1.58. The van der Waals surface area contributed by atoms with Gasteiger partial charge in [0, 0.05) is 32.0 Å². The molecule has 0 aliphatic heterocycles. The summed E-state index contributed by atoms with van der Waals surface area (Å²) in [6, 6.07) is 33.6. The van der Waals surface area contributed by atoms with E-state index in [4.69, 9.17) is 0 Å². The highest BCUT2D eigenvalue weighted by Gasteiger charge is 2.06. The van der Waals surface area contributed by atoms with Crippen LogP contribution in [0.4, 0.5) is 0 Å². The fourth-order valence-corrected chi connectivity index (χ4v) is 4.35. The molecule has 160 valence electrons. The second kappa shape index (κ2) is 11.3. The monoisotopic (exact) mass is 442 g/mol. The maximum atomic E-state index is 3.37. The molecule has 0 radical (unpaired) electrons. The van der Waals surface area contributed by atoms with E-state index in [1.165, 1.54) is 11.1 Å². The van der Waals surface area contributed by atoms with E-state index in [-0.39, 0.29) is 0 Å². The highest BCUT2D eigenvalue weighted by molar-refractivity contribution is 7.99. The van der Waals surface area contributed by atoms with Crippen LogP contribution in [0.3, 0.4) is 0 Å². The summed E-state index contributed by atoms with van der Waals surface area (Å²) < 4.78 is 0. The van der Waals surface area contributed by atoms with Crippen LogP contribution >= 0.6 is 11.8 Å². The molecule has 0 bridgehead atoms. The normalized spacial score (nSPS) is 10.0. The van der Waals surface area contributed by atoms with E-state index in [0.29, 0.717) is 0 Å². The minimum absolute atomic E-state index is 1.03. The van der Waals surface area contributed by atoms with Crippen molar-refractivity contribution in [2.24, 2.45) is 0 Å². The SMILES string of the molecule is CCc1ccc(C#Cc2ccccc2Sc2ccccc2C#Cc2ccc(CC)cc2)cc1. The molecule has 0 nitrogen and oxygen atoms in total. The van der Waals surface area contributed by atoms with E-state index in [0.717, 1.165) is 44.9 Å². The molecule has 0 aromatic heterocycles. The maximum absolute atomic E-state index is 3.37. The number of hydrogen-bond acceptors (Lipinski definition) is 1. The van der Waals surface area contributed by atoms with Crippen LogP contribution in [-0.2, 0) is 12.8 Å². The quantitative estimate of drug-likeness (QED) is 0.291. The molecule has 0 spiro atoms. The fraction of sp³-hybridized carbons (Fsp3) is 0.125. The Morgan fingerprint density at radius 3 is 1.27 bits per heavy atom. The zero-order chi connectivity index (χ0) is 22.9. The molecule has 0 heterocycles. The van der Waals surface area contributed by atoms with Gasteiger partial charge in [-0.2, -0.15) is 0 Å².